The fraction of sp³-hybridized carbons (Fsp3) is 0. The Morgan fingerprint density at radius 1 is 0.320 bits per heavy atom. The molecule has 11 aromatic rings. The molecule has 0 radical (unpaired) electrons. The second kappa shape index (κ2) is 10.3. The normalized spacial score (nSPS) is 12.0. The van der Waals surface area contributed by atoms with Crippen molar-refractivity contribution >= 4 is 65.9 Å². The van der Waals surface area contributed by atoms with Gasteiger partial charge in [-0.1, -0.05) is 78.9 Å². The molecule has 50 heavy (non-hydrogen) atoms. The summed E-state index contributed by atoms with van der Waals surface area (Å²) in [6.45, 7) is 0. The standard InChI is InChI=1S/C44H28N6/c1-3-14-29(15-4-1)47-37-24-9-7-20-33(37)39-35-22-12-26-45-41(35)49(43(39)47)31-18-11-19-32(28-31)50-42-36(23-13-27-46-42)40-34-21-8-10-25-38(34)48(44(40)50)30-16-5-2-6-17-30/h1-28H. The molecule has 0 fully saturated rings. The molecular weight excluding hydrogens is 613 g/mol. The van der Waals surface area contributed by atoms with Crippen molar-refractivity contribution in [3.8, 4) is 22.7 Å². The van der Waals surface area contributed by atoms with E-state index in [9.17, 15) is 0 Å². The number of hydrogen-bond acceptors (Lipinski definition) is 2. The summed E-state index contributed by atoms with van der Waals surface area (Å²) >= 11 is 0. The molecule has 6 aromatic heterocycles. The number of benzene rings is 5. The number of fused-ring (bicyclic) bond motifs is 10. The molecule has 0 bridgehead atoms. The molecule has 0 aliphatic rings. The summed E-state index contributed by atoms with van der Waals surface area (Å²) in [7, 11) is 0. The largest absolute Gasteiger partial charge is 0.295 e. The van der Waals surface area contributed by atoms with Crippen molar-refractivity contribution in [2.45, 2.75) is 0 Å². The number of rotatable bonds is 4. The van der Waals surface area contributed by atoms with E-state index in [0.717, 1.165) is 67.1 Å². The molecule has 11 rings (SSSR count). The van der Waals surface area contributed by atoms with Crippen LogP contribution >= 0.6 is 0 Å². The Kier molecular flexibility index (Phi) is 5.57. The van der Waals surface area contributed by atoms with E-state index in [1.165, 1.54) is 21.5 Å². The molecule has 234 valence electrons. The van der Waals surface area contributed by atoms with E-state index in [1.807, 2.05) is 24.5 Å². The van der Waals surface area contributed by atoms with Crippen LogP contribution in [-0.4, -0.2) is 28.2 Å². The van der Waals surface area contributed by atoms with Gasteiger partial charge in [-0.2, -0.15) is 0 Å². The van der Waals surface area contributed by atoms with Crippen LogP contribution in [0.4, 0.5) is 0 Å². The number of aromatic nitrogens is 6. The lowest BCUT2D eigenvalue weighted by Gasteiger charge is -2.15. The van der Waals surface area contributed by atoms with Gasteiger partial charge in [0.2, 0.25) is 0 Å². The van der Waals surface area contributed by atoms with Gasteiger partial charge in [0.25, 0.3) is 0 Å². The molecule has 0 aliphatic carbocycles. The first-order valence-corrected chi connectivity index (χ1v) is 16.9. The minimum atomic E-state index is 0.920. The maximum atomic E-state index is 5.01. The maximum Gasteiger partial charge on any atom is 0.146 e. The highest BCUT2D eigenvalue weighted by atomic mass is 15.2. The highest BCUT2D eigenvalue weighted by Crippen LogP contribution is 2.42. The third-order valence-corrected chi connectivity index (χ3v) is 10.0. The minimum absolute atomic E-state index is 0.920. The third-order valence-electron chi connectivity index (χ3n) is 10.0. The number of hydrogen-bond donors (Lipinski definition) is 0. The summed E-state index contributed by atoms with van der Waals surface area (Å²) < 4.78 is 9.39. The van der Waals surface area contributed by atoms with Gasteiger partial charge < -0.3 is 0 Å². The highest BCUT2D eigenvalue weighted by molar-refractivity contribution is 6.23. The summed E-state index contributed by atoms with van der Waals surface area (Å²) in [5.41, 5.74) is 10.6. The van der Waals surface area contributed by atoms with E-state index in [0.29, 0.717) is 0 Å². The number of pyridine rings is 2. The molecule has 0 saturated heterocycles. The smallest absolute Gasteiger partial charge is 0.146 e. The zero-order chi connectivity index (χ0) is 32.8. The monoisotopic (exact) mass is 640 g/mol. The van der Waals surface area contributed by atoms with Gasteiger partial charge in [-0.05, 0) is 78.9 Å². The van der Waals surface area contributed by atoms with Crippen LogP contribution < -0.4 is 0 Å². The van der Waals surface area contributed by atoms with Crippen molar-refractivity contribution in [2.75, 3.05) is 0 Å². The van der Waals surface area contributed by atoms with Crippen LogP contribution in [0.15, 0.2) is 170 Å². The van der Waals surface area contributed by atoms with Gasteiger partial charge in [0.15, 0.2) is 0 Å². The van der Waals surface area contributed by atoms with Crippen molar-refractivity contribution in [3.63, 3.8) is 0 Å². The fourth-order valence-corrected chi connectivity index (χ4v) is 8.09. The van der Waals surface area contributed by atoms with Crippen LogP contribution in [0.25, 0.3) is 88.7 Å². The SMILES string of the molecule is c1ccc(-n2c3ccccc3c3c4cccnc4n(-c4cccc(-n5c6ncccc6c6c7ccccc7n(-c7ccccc7)c65)c4)c32)cc1. The maximum absolute atomic E-state index is 5.01. The van der Waals surface area contributed by atoms with Crippen LogP contribution in [0.2, 0.25) is 0 Å². The lowest BCUT2D eigenvalue weighted by atomic mass is 10.1. The average Bonchev–Trinajstić information content (AvgIpc) is 3.90. The second-order valence-electron chi connectivity index (χ2n) is 12.7. The lowest BCUT2D eigenvalue weighted by molar-refractivity contribution is 1.03. The second-order valence-corrected chi connectivity index (χ2v) is 12.7. The van der Waals surface area contributed by atoms with Crippen LogP contribution in [0.1, 0.15) is 0 Å². The van der Waals surface area contributed by atoms with Gasteiger partial charge in [-0.3, -0.25) is 18.3 Å². The molecule has 0 N–H and O–H groups in total. The molecule has 0 saturated carbocycles. The Labute approximate surface area is 286 Å². The van der Waals surface area contributed by atoms with Crippen LogP contribution in [0, 0.1) is 0 Å². The summed E-state index contributed by atoms with van der Waals surface area (Å²) in [6.07, 6.45) is 3.78. The summed E-state index contributed by atoms with van der Waals surface area (Å²) in [4.78, 5) is 10.0. The Hall–Kier alpha value is -6.92. The first-order chi connectivity index (χ1) is 24.9. The Balaban J connectivity index is 1.27. The van der Waals surface area contributed by atoms with Gasteiger partial charge in [0.05, 0.1) is 22.4 Å². The van der Waals surface area contributed by atoms with Gasteiger partial charge in [-0.15, -0.1) is 0 Å². The van der Waals surface area contributed by atoms with E-state index in [1.54, 1.807) is 0 Å². The minimum Gasteiger partial charge on any atom is -0.295 e. The summed E-state index contributed by atoms with van der Waals surface area (Å²) in [5.74, 6) is 0. The van der Waals surface area contributed by atoms with Crippen LogP contribution in [-0.2, 0) is 0 Å². The van der Waals surface area contributed by atoms with Gasteiger partial charge >= 0.3 is 0 Å². The Morgan fingerprint density at radius 2 is 0.720 bits per heavy atom. The van der Waals surface area contributed by atoms with Crippen molar-refractivity contribution in [1.82, 2.24) is 28.2 Å². The average molecular weight is 641 g/mol. The Morgan fingerprint density at radius 3 is 1.20 bits per heavy atom. The molecule has 0 atom stereocenters. The fourth-order valence-electron chi connectivity index (χ4n) is 8.09. The zero-order valence-electron chi connectivity index (χ0n) is 26.8. The lowest BCUT2D eigenvalue weighted by Crippen LogP contribution is -2.05. The van der Waals surface area contributed by atoms with Crippen molar-refractivity contribution < 1.29 is 0 Å². The summed E-state index contributed by atoms with van der Waals surface area (Å²) in [6, 6.07) is 55.8. The van der Waals surface area contributed by atoms with E-state index in [2.05, 4.69) is 164 Å². The van der Waals surface area contributed by atoms with Crippen LogP contribution in [0.5, 0.6) is 0 Å². The van der Waals surface area contributed by atoms with Gasteiger partial charge in [0.1, 0.15) is 22.6 Å². The van der Waals surface area contributed by atoms with Crippen molar-refractivity contribution in [3.05, 3.63) is 170 Å². The molecule has 0 aliphatic heterocycles. The molecule has 6 nitrogen and oxygen atoms in total. The topological polar surface area (TPSA) is 45.5 Å². The van der Waals surface area contributed by atoms with E-state index in [-0.39, 0.29) is 0 Å². The predicted molar refractivity (Wildman–Crippen MR) is 204 cm³/mol. The first-order valence-electron chi connectivity index (χ1n) is 16.9. The molecule has 6 heteroatoms. The number of nitrogens with zero attached hydrogens (tertiary/aromatic N) is 6. The molecule has 0 spiro atoms. The molecule has 0 amide bonds. The highest BCUT2D eigenvalue weighted by Gasteiger charge is 2.25. The zero-order valence-corrected chi connectivity index (χ0v) is 26.8. The van der Waals surface area contributed by atoms with E-state index >= 15 is 0 Å². The number of para-hydroxylation sites is 4. The quantitative estimate of drug-likeness (QED) is 0.192. The van der Waals surface area contributed by atoms with Gasteiger partial charge in [0, 0.05) is 56.1 Å². The molecular formula is C44H28N6. The Bertz CT molecular complexity index is 2880. The summed E-state index contributed by atoms with van der Waals surface area (Å²) in [5, 5.41) is 7.04. The third kappa shape index (κ3) is 3.62. The molecule has 6 heterocycles. The van der Waals surface area contributed by atoms with Crippen molar-refractivity contribution in [1.29, 1.82) is 0 Å². The first kappa shape index (κ1) is 27.1. The van der Waals surface area contributed by atoms with Crippen molar-refractivity contribution in [2.24, 2.45) is 0 Å². The predicted octanol–water partition coefficient (Wildman–Crippen LogP) is 10.6. The van der Waals surface area contributed by atoms with Gasteiger partial charge in [-0.25, -0.2) is 9.97 Å². The van der Waals surface area contributed by atoms with Crippen LogP contribution in [0.3, 0.4) is 0 Å². The molecule has 5 aromatic carbocycles. The van der Waals surface area contributed by atoms with E-state index in [4.69, 9.17) is 9.97 Å². The van der Waals surface area contributed by atoms with E-state index < -0.39 is 0 Å². The molecule has 0 unspecified atom stereocenters.